The van der Waals surface area contributed by atoms with Crippen molar-refractivity contribution < 1.29 is 22.7 Å². The second kappa shape index (κ2) is 10.1. The maximum absolute atomic E-state index is 14.9. The molecule has 5 rings (SSSR count). The molecular weight excluding hydrogens is 528 g/mol. The minimum Gasteiger partial charge on any atom is -0.456 e. The Morgan fingerprint density at radius 1 is 1.10 bits per heavy atom. The Bertz CT molecular complexity index is 1900. The molecule has 0 radical (unpaired) electrons. The number of aryl methyl sites for hydroxylation is 2. The molecule has 5 aromatic rings. The molecule has 0 saturated carbocycles. The van der Waals surface area contributed by atoms with Crippen molar-refractivity contribution in [2.45, 2.75) is 53.2 Å². The SMILES string of the molecule is Cc1cc([C@@H](C)Nc2ccc(F)c(F)c2C(=O)OC(C)(C)C)c2oc(-c3ccc4nn(C)cc4c3)c(C)c(=O)c2c1. The average molecular weight is 560 g/mol. The number of rotatable bonds is 5. The van der Waals surface area contributed by atoms with E-state index < -0.39 is 34.8 Å². The van der Waals surface area contributed by atoms with Crippen molar-refractivity contribution >= 4 is 33.5 Å². The summed E-state index contributed by atoms with van der Waals surface area (Å²) in [7, 11) is 1.84. The molecule has 1 atom stereocenters. The number of ether oxygens (including phenoxy) is 1. The molecule has 0 unspecified atom stereocenters. The van der Waals surface area contributed by atoms with Crippen LogP contribution in [0.1, 0.15) is 60.8 Å². The van der Waals surface area contributed by atoms with E-state index >= 15 is 0 Å². The van der Waals surface area contributed by atoms with Crippen LogP contribution in [0.25, 0.3) is 33.2 Å². The summed E-state index contributed by atoms with van der Waals surface area (Å²) in [5.41, 5.74) is 2.22. The number of esters is 1. The second-order valence-electron chi connectivity index (χ2n) is 11.3. The number of carbonyl (C=O) groups is 1. The molecule has 0 amide bonds. The molecule has 0 bridgehead atoms. The number of hydrogen-bond donors (Lipinski definition) is 1. The first-order valence-electron chi connectivity index (χ1n) is 13.2. The molecule has 2 heterocycles. The molecule has 0 aliphatic carbocycles. The van der Waals surface area contributed by atoms with E-state index in [0.29, 0.717) is 27.9 Å². The molecule has 2 aromatic heterocycles. The standard InChI is InChI=1S/C32H31F2N3O4/c1-16-12-21(18(3)35-25-11-9-23(33)27(34)26(25)31(39)41-32(4,5)6)30-22(13-16)28(38)17(2)29(40-30)19-8-10-24-20(14-19)15-37(7)36-24/h8-15,18,35H,1-7H3/t18-/m1/s1. The lowest BCUT2D eigenvalue weighted by atomic mass is 9.98. The molecule has 0 spiro atoms. The van der Waals surface area contributed by atoms with Gasteiger partial charge in [-0.15, -0.1) is 0 Å². The first kappa shape index (κ1) is 28.0. The summed E-state index contributed by atoms with van der Waals surface area (Å²) in [6.45, 7) is 10.3. The zero-order valence-electron chi connectivity index (χ0n) is 24.0. The molecule has 1 N–H and O–H groups in total. The topological polar surface area (TPSA) is 86.4 Å². The summed E-state index contributed by atoms with van der Waals surface area (Å²) in [5.74, 6) is -3.04. The van der Waals surface area contributed by atoms with Gasteiger partial charge in [-0.1, -0.05) is 6.07 Å². The maximum Gasteiger partial charge on any atom is 0.343 e. The van der Waals surface area contributed by atoms with E-state index in [1.807, 2.05) is 44.4 Å². The van der Waals surface area contributed by atoms with Gasteiger partial charge in [0.1, 0.15) is 22.5 Å². The monoisotopic (exact) mass is 559 g/mol. The minimum absolute atomic E-state index is 0.0528. The second-order valence-corrected chi connectivity index (χ2v) is 11.3. The zero-order valence-corrected chi connectivity index (χ0v) is 24.0. The summed E-state index contributed by atoms with van der Waals surface area (Å²) < 4.78 is 42.6. The molecule has 0 saturated heterocycles. The van der Waals surface area contributed by atoms with Gasteiger partial charge in [0.15, 0.2) is 17.1 Å². The molecule has 0 aliphatic rings. The summed E-state index contributed by atoms with van der Waals surface area (Å²) in [6.07, 6.45) is 1.89. The number of aromatic nitrogens is 2. The van der Waals surface area contributed by atoms with Crippen molar-refractivity contribution in [1.29, 1.82) is 0 Å². The van der Waals surface area contributed by atoms with Gasteiger partial charge in [0.25, 0.3) is 0 Å². The van der Waals surface area contributed by atoms with E-state index in [1.54, 1.807) is 45.4 Å². The van der Waals surface area contributed by atoms with Crippen LogP contribution in [0.2, 0.25) is 0 Å². The van der Waals surface area contributed by atoms with Crippen LogP contribution in [-0.2, 0) is 11.8 Å². The first-order valence-corrected chi connectivity index (χ1v) is 13.2. The smallest absolute Gasteiger partial charge is 0.343 e. The van der Waals surface area contributed by atoms with E-state index in [4.69, 9.17) is 9.15 Å². The Balaban J connectivity index is 1.63. The van der Waals surface area contributed by atoms with Gasteiger partial charge in [-0.2, -0.15) is 5.10 Å². The van der Waals surface area contributed by atoms with Gasteiger partial charge in [-0.25, -0.2) is 13.6 Å². The van der Waals surface area contributed by atoms with Crippen molar-refractivity contribution in [3.63, 3.8) is 0 Å². The summed E-state index contributed by atoms with van der Waals surface area (Å²) in [4.78, 5) is 26.5. The highest BCUT2D eigenvalue weighted by Crippen LogP contribution is 2.34. The first-order chi connectivity index (χ1) is 19.2. The highest BCUT2D eigenvalue weighted by Gasteiger charge is 2.27. The van der Waals surface area contributed by atoms with Crippen LogP contribution in [0.5, 0.6) is 0 Å². The number of benzene rings is 3. The fourth-order valence-corrected chi connectivity index (χ4v) is 4.97. The van der Waals surface area contributed by atoms with Crippen LogP contribution in [0.15, 0.2) is 57.9 Å². The molecule has 9 heteroatoms. The number of nitrogens with zero attached hydrogens (tertiary/aromatic N) is 2. The van der Waals surface area contributed by atoms with Crippen molar-refractivity contribution in [3.05, 3.63) is 92.8 Å². The third kappa shape index (κ3) is 5.31. The van der Waals surface area contributed by atoms with Gasteiger partial charge in [0, 0.05) is 35.3 Å². The lowest BCUT2D eigenvalue weighted by Gasteiger charge is -2.23. The Kier molecular flexibility index (Phi) is 6.93. The quantitative estimate of drug-likeness (QED) is 0.226. The van der Waals surface area contributed by atoms with Gasteiger partial charge in [0.05, 0.1) is 22.6 Å². The molecule has 3 aromatic carbocycles. The third-order valence-electron chi connectivity index (χ3n) is 6.81. The average Bonchev–Trinajstić information content (AvgIpc) is 3.26. The molecule has 7 nitrogen and oxygen atoms in total. The Hall–Kier alpha value is -4.53. The number of fused-ring (bicyclic) bond motifs is 2. The highest BCUT2D eigenvalue weighted by atomic mass is 19.2. The van der Waals surface area contributed by atoms with Crippen LogP contribution >= 0.6 is 0 Å². The molecule has 41 heavy (non-hydrogen) atoms. The largest absolute Gasteiger partial charge is 0.456 e. The van der Waals surface area contributed by atoms with E-state index in [1.165, 1.54) is 6.07 Å². The van der Waals surface area contributed by atoms with Crippen LogP contribution < -0.4 is 10.7 Å². The number of hydrogen-bond acceptors (Lipinski definition) is 6. The van der Waals surface area contributed by atoms with Crippen molar-refractivity contribution in [1.82, 2.24) is 9.78 Å². The molecular formula is C32H31F2N3O4. The third-order valence-corrected chi connectivity index (χ3v) is 6.81. The van der Waals surface area contributed by atoms with Gasteiger partial charge in [-0.05, 0) is 83.5 Å². The predicted octanol–water partition coefficient (Wildman–Crippen LogP) is 7.37. The fraction of sp³-hybridized carbons (Fsp3) is 0.281. The summed E-state index contributed by atoms with van der Waals surface area (Å²) in [5, 5.41) is 8.83. The maximum atomic E-state index is 14.9. The number of carbonyl (C=O) groups excluding carboxylic acids is 1. The minimum atomic E-state index is -1.30. The zero-order chi connectivity index (χ0) is 29.8. The number of halogens is 2. The Morgan fingerprint density at radius 2 is 1.83 bits per heavy atom. The van der Waals surface area contributed by atoms with Crippen molar-refractivity contribution in [3.8, 4) is 11.3 Å². The van der Waals surface area contributed by atoms with Gasteiger partial charge in [0.2, 0.25) is 0 Å². The van der Waals surface area contributed by atoms with Crippen LogP contribution in [-0.4, -0.2) is 21.4 Å². The van der Waals surface area contributed by atoms with Gasteiger partial charge >= 0.3 is 5.97 Å². The normalized spacial score (nSPS) is 12.6. The van der Waals surface area contributed by atoms with Crippen LogP contribution in [0, 0.1) is 25.5 Å². The highest BCUT2D eigenvalue weighted by molar-refractivity contribution is 5.96. The summed E-state index contributed by atoms with van der Waals surface area (Å²) >= 11 is 0. The summed E-state index contributed by atoms with van der Waals surface area (Å²) in [6, 6.07) is 10.9. The van der Waals surface area contributed by atoms with Crippen molar-refractivity contribution in [2.24, 2.45) is 7.05 Å². The lowest BCUT2D eigenvalue weighted by molar-refractivity contribution is 0.00648. The Morgan fingerprint density at radius 3 is 2.54 bits per heavy atom. The molecule has 212 valence electrons. The van der Waals surface area contributed by atoms with Crippen LogP contribution in [0.4, 0.5) is 14.5 Å². The van der Waals surface area contributed by atoms with Gasteiger partial charge in [-0.3, -0.25) is 9.48 Å². The Labute approximate surface area is 235 Å². The predicted molar refractivity (Wildman–Crippen MR) is 155 cm³/mol. The molecule has 0 aliphatic heterocycles. The van der Waals surface area contributed by atoms with E-state index in [-0.39, 0.29) is 11.1 Å². The van der Waals surface area contributed by atoms with E-state index in [9.17, 15) is 18.4 Å². The lowest BCUT2D eigenvalue weighted by Crippen LogP contribution is -2.26. The van der Waals surface area contributed by atoms with Crippen molar-refractivity contribution in [2.75, 3.05) is 5.32 Å². The molecule has 0 fully saturated rings. The number of anilines is 1. The van der Waals surface area contributed by atoms with E-state index in [2.05, 4.69) is 10.4 Å². The van der Waals surface area contributed by atoms with Crippen LogP contribution in [0.3, 0.4) is 0 Å². The van der Waals surface area contributed by atoms with Gasteiger partial charge < -0.3 is 14.5 Å². The van der Waals surface area contributed by atoms with E-state index in [0.717, 1.165) is 28.1 Å². The number of nitrogens with one attached hydrogen (secondary N) is 1. The fourth-order valence-electron chi connectivity index (χ4n) is 4.97.